The smallest absolute Gasteiger partial charge is 0.320 e. The molecule has 6 heteroatoms. The summed E-state index contributed by atoms with van der Waals surface area (Å²) in [5.74, 6) is -1.11. The lowest BCUT2D eigenvalue weighted by molar-refractivity contribution is -0.142. The van der Waals surface area contributed by atoms with Crippen LogP contribution in [0.15, 0.2) is 0 Å². The molecule has 0 spiro atoms. The van der Waals surface area contributed by atoms with Crippen molar-refractivity contribution in [2.75, 3.05) is 27.2 Å². The van der Waals surface area contributed by atoms with Crippen molar-refractivity contribution in [1.82, 2.24) is 14.7 Å². The number of carbonyl (C=O) groups excluding carboxylic acids is 1. The molecule has 3 atom stereocenters. The van der Waals surface area contributed by atoms with E-state index in [1.54, 1.807) is 0 Å². The summed E-state index contributed by atoms with van der Waals surface area (Å²) in [5.41, 5.74) is 0. The number of rotatable bonds is 2. The summed E-state index contributed by atoms with van der Waals surface area (Å²) in [7, 11) is 3.99. The molecule has 3 heterocycles. The lowest BCUT2D eigenvalue weighted by Gasteiger charge is -2.38. The zero-order valence-electron chi connectivity index (χ0n) is 12.9. The number of piperidine rings is 1. The Hall–Kier alpha value is -1.30. The van der Waals surface area contributed by atoms with Gasteiger partial charge in [-0.25, -0.2) is 4.79 Å². The average molecular weight is 295 g/mol. The fourth-order valence-corrected chi connectivity index (χ4v) is 4.27. The van der Waals surface area contributed by atoms with Gasteiger partial charge >= 0.3 is 12.0 Å². The van der Waals surface area contributed by atoms with E-state index in [1.165, 1.54) is 0 Å². The van der Waals surface area contributed by atoms with Crippen molar-refractivity contribution >= 4 is 12.0 Å². The van der Waals surface area contributed by atoms with Gasteiger partial charge in [0.2, 0.25) is 0 Å². The number of urea groups is 1. The first-order chi connectivity index (χ1) is 9.99. The largest absolute Gasteiger partial charge is 0.481 e. The number of likely N-dealkylation sites (tertiary alicyclic amines) is 1. The van der Waals surface area contributed by atoms with Crippen molar-refractivity contribution in [3.63, 3.8) is 0 Å². The molecule has 6 nitrogen and oxygen atoms in total. The molecule has 0 aromatic carbocycles. The van der Waals surface area contributed by atoms with Crippen LogP contribution >= 0.6 is 0 Å². The molecule has 0 radical (unpaired) electrons. The molecular formula is C15H25N3O3. The zero-order valence-corrected chi connectivity index (χ0v) is 12.9. The van der Waals surface area contributed by atoms with Crippen molar-refractivity contribution in [1.29, 1.82) is 0 Å². The highest BCUT2D eigenvalue weighted by Gasteiger charge is 2.52. The second kappa shape index (κ2) is 5.48. The second-order valence-corrected chi connectivity index (χ2v) is 6.81. The summed E-state index contributed by atoms with van der Waals surface area (Å²) in [6.07, 6.45) is 4.44. The summed E-state index contributed by atoms with van der Waals surface area (Å²) in [6, 6.07) is 0.379. The Balaban J connectivity index is 1.67. The second-order valence-electron chi connectivity index (χ2n) is 6.81. The number of hydrogen-bond donors (Lipinski definition) is 1. The van der Waals surface area contributed by atoms with Gasteiger partial charge in [-0.1, -0.05) is 0 Å². The van der Waals surface area contributed by atoms with Crippen LogP contribution in [0.5, 0.6) is 0 Å². The summed E-state index contributed by atoms with van der Waals surface area (Å²) < 4.78 is 0. The first kappa shape index (κ1) is 14.6. The number of fused-ring (bicyclic) bond motifs is 2. The molecule has 0 aromatic rings. The number of aliphatic carboxylic acids is 1. The van der Waals surface area contributed by atoms with Crippen LogP contribution < -0.4 is 0 Å². The minimum atomic E-state index is -0.748. The van der Waals surface area contributed by atoms with E-state index in [1.807, 2.05) is 16.8 Å². The van der Waals surface area contributed by atoms with Crippen molar-refractivity contribution in [3.8, 4) is 0 Å². The minimum Gasteiger partial charge on any atom is -0.481 e. The Morgan fingerprint density at radius 2 is 1.81 bits per heavy atom. The lowest BCUT2D eigenvalue weighted by Crippen LogP contribution is -2.51. The first-order valence-corrected chi connectivity index (χ1v) is 7.95. The van der Waals surface area contributed by atoms with Gasteiger partial charge in [-0.2, -0.15) is 0 Å². The van der Waals surface area contributed by atoms with E-state index in [0.29, 0.717) is 6.42 Å². The van der Waals surface area contributed by atoms with Gasteiger partial charge in [0.1, 0.15) is 0 Å². The number of carboxylic acid groups (broad SMARTS) is 1. The highest BCUT2D eigenvalue weighted by molar-refractivity contribution is 5.79. The van der Waals surface area contributed by atoms with Crippen LogP contribution in [-0.4, -0.2) is 77.1 Å². The fourth-order valence-electron chi connectivity index (χ4n) is 4.27. The number of amides is 2. The van der Waals surface area contributed by atoms with E-state index in [2.05, 4.69) is 11.9 Å². The Morgan fingerprint density at radius 1 is 1.14 bits per heavy atom. The van der Waals surface area contributed by atoms with E-state index in [9.17, 15) is 14.7 Å². The molecule has 3 fully saturated rings. The maximum absolute atomic E-state index is 12.8. The molecule has 21 heavy (non-hydrogen) atoms. The average Bonchev–Trinajstić information content (AvgIpc) is 3.04. The van der Waals surface area contributed by atoms with Crippen LogP contribution in [0, 0.1) is 5.92 Å². The van der Waals surface area contributed by atoms with Gasteiger partial charge in [0, 0.05) is 25.2 Å². The van der Waals surface area contributed by atoms with E-state index >= 15 is 0 Å². The maximum atomic E-state index is 12.8. The fraction of sp³-hybridized carbons (Fsp3) is 0.867. The van der Waals surface area contributed by atoms with Crippen molar-refractivity contribution in [2.24, 2.45) is 5.92 Å². The molecule has 3 saturated heterocycles. The third-order valence-corrected chi connectivity index (χ3v) is 5.61. The van der Waals surface area contributed by atoms with Crippen LogP contribution in [0.1, 0.15) is 32.1 Å². The quantitative estimate of drug-likeness (QED) is 0.827. The molecule has 3 aliphatic heterocycles. The summed E-state index contributed by atoms with van der Waals surface area (Å²) >= 11 is 0. The number of carboxylic acids is 1. The van der Waals surface area contributed by atoms with Gasteiger partial charge < -0.3 is 19.8 Å². The van der Waals surface area contributed by atoms with Crippen LogP contribution in [0.3, 0.4) is 0 Å². The molecule has 118 valence electrons. The minimum absolute atomic E-state index is 0.0424. The van der Waals surface area contributed by atoms with Gasteiger partial charge in [-0.15, -0.1) is 0 Å². The molecule has 0 aromatic heterocycles. The molecule has 3 unspecified atom stereocenters. The number of hydrogen-bond acceptors (Lipinski definition) is 3. The Kier molecular flexibility index (Phi) is 3.82. The Bertz CT molecular complexity index is 434. The highest BCUT2D eigenvalue weighted by atomic mass is 16.4. The highest BCUT2D eigenvalue weighted by Crippen LogP contribution is 2.42. The third-order valence-electron chi connectivity index (χ3n) is 5.61. The van der Waals surface area contributed by atoms with Gasteiger partial charge in [-0.05, 0) is 52.2 Å². The van der Waals surface area contributed by atoms with Crippen molar-refractivity contribution in [3.05, 3.63) is 0 Å². The predicted molar refractivity (Wildman–Crippen MR) is 78.1 cm³/mol. The Morgan fingerprint density at radius 3 is 2.38 bits per heavy atom. The number of nitrogens with zero attached hydrogens (tertiary/aromatic N) is 3. The molecule has 1 N–H and O–H groups in total. The maximum Gasteiger partial charge on any atom is 0.320 e. The third kappa shape index (κ3) is 2.50. The molecule has 3 rings (SSSR count). The molecular weight excluding hydrogens is 270 g/mol. The zero-order chi connectivity index (χ0) is 15.1. The first-order valence-electron chi connectivity index (χ1n) is 7.95. The lowest BCUT2D eigenvalue weighted by atomic mass is 9.89. The van der Waals surface area contributed by atoms with Crippen LogP contribution in [-0.2, 0) is 4.79 Å². The molecule has 0 aliphatic carbocycles. The van der Waals surface area contributed by atoms with Crippen molar-refractivity contribution in [2.45, 2.75) is 50.2 Å². The van der Waals surface area contributed by atoms with Gasteiger partial charge in [0.25, 0.3) is 0 Å². The van der Waals surface area contributed by atoms with E-state index in [4.69, 9.17) is 0 Å². The SMILES string of the molecule is CN1CCC(N(C)C(=O)N2C3CCC2C(C(=O)O)C3)CC1. The van der Waals surface area contributed by atoms with E-state index in [0.717, 1.165) is 38.8 Å². The van der Waals surface area contributed by atoms with Crippen molar-refractivity contribution < 1.29 is 14.7 Å². The summed E-state index contributed by atoms with van der Waals surface area (Å²) in [5, 5.41) is 9.29. The monoisotopic (exact) mass is 295 g/mol. The standard InChI is InChI=1S/C15H25N3O3/c1-16-7-5-10(6-8-16)17(2)15(21)18-11-3-4-13(18)12(9-11)14(19)20/h10-13H,3-9H2,1-2H3,(H,19,20). The van der Waals surface area contributed by atoms with Crippen LogP contribution in [0.25, 0.3) is 0 Å². The molecule has 3 aliphatic rings. The normalized spacial score (nSPS) is 33.4. The van der Waals surface area contributed by atoms with E-state index < -0.39 is 5.97 Å². The van der Waals surface area contributed by atoms with Gasteiger partial charge in [0.05, 0.1) is 5.92 Å². The van der Waals surface area contributed by atoms with Crippen LogP contribution in [0.4, 0.5) is 4.79 Å². The predicted octanol–water partition coefficient (Wildman–Crippen LogP) is 1.07. The topological polar surface area (TPSA) is 64.1 Å². The van der Waals surface area contributed by atoms with Gasteiger partial charge in [0.15, 0.2) is 0 Å². The molecule has 2 amide bonds. The van der Waals surface area contributed by atoms with E-state index in [-0.39, 0.29) is 30.1 Å². The number of carbonyl (C=O) groups is 2. The summed E-state index contributed by atoms with van der Waals surface area (Å²) in [6.45, 7) is 2.04. The van der Waals surface area contributed by atoms with Crippen LogP contribution in [0.2, 0.25) is 0 Å². The molecule has 2 bridgehead atoms. The summed E-state index contributed by atoms with van der Waals surface area (Å²) in [4.78, 5) is 30.1. The van der Waals surface area contributed by atoms with Gasteiger partial charge in [-0.3, -0.25) is 4.79 Å². The molecule has 0 saturated carbocycles. The Labute approximate surface area is 125 Å².